The molecule has 0 unspecified atom stereocenters. The highest BCUT2D eigenvalue weighted by molar-refractivity contribution is 7.90. The molecule has 9 rings (SSSR count). The van der Waals surface area contributed by atoms with E-state index < -0.39 is 26.6 Å². The number of nitrogens with one attached hydrogen (secondary N) is 1. The predicted octanol–water partition coefficient (Wildman–Crippen LogP) is 6.78. The third-order valence-corrected chi connectivity index (χ3v) is 15.9. The SMILES string of the molecule is COc1ccc2c(c1)C[C@@H]1C[C@]1(C(=O)N1C[C@@H]3CC[C@@H](CN(C(=O)N4CCCC4)C3)C1)Cn1c-2c(C2CCCCC2)c2ccc(C(=O)NS(=O)(=O)C(C)C)cc21. The number of aromatic nitrogens is 1. The molecule has 2 saturated carbocycles. The van der Waals surface area contributed by atoms with E-state index >= 15 is 4.79 Å². The number of nitrogens with zero attached hydrogens (tertiary/aromatic N) is 4. The molecule has 1 aromatic heterocycles. The molecule has 12 heteroatoms. The number of carbonyl (C=O) groups is 3. The minimum Gasteiger partial charge on any atom is -0.497 e. The second-order valence-electron chi connectivity index (χ2n) is 18.1. The second kappa shape index (κ2) is 14.4. The van der Waals surface area contributed by atoms with E-state index in [0.29, 0.717) is 38.6 Å². The summed E-state index contributed by atoms with van der Waals surface area (Å²) in [7, 11) is -2.14. The lowest BCUT2D eigenvalue weighted by Gasteiger charge is -2.38. The van der Waals surface area contributed by atoms with E-state index in [-0.39, 0.29) is 35.3 Å². The Labute approximate surface area is 331 Å². The van der Waals surface area contributed by atoms with E-state index in [1.54, 1.807) is 27.0 Å². The molecule has 0 spiro atoms. The Kier molecular flexibility index (Phi) is 9.64. The van der Waals surface area contributed by atoms with Gasteiger partial charge in [0.2, 0.25) is 15.9 Å². The fraction of sp³-hybridized carbons (Fsp3) is 0.614. The smallest absolute Gasteiger partial charge is 0.320 e. The Morgan fingerprint density at radius 2 is 1.54 bits per heavy atom. The fourth-order valence-electron chi connectivity index (χ4n) is 11.0. The average molecular weight is 784 g/mol. The lowest BCUT2D eigenvalue weighted by molar-refractivity contribution is -0.139. The zero-order chi connectivity index (χ0) is 38.9. The number of likely N-dealkylation sites (tertiary alicyclic amines) is 3. The fourth-order valence-corrected chi connectivity index (χ4v) is 11.6. The van der Waals surface area contributed by atoms with Gasteiger partial charge in [-0.05, 0) is 130 Å². The highest BCUT2D eigenvalue weighted by Crippen LogP contribution is 2.60. The minimum atomic E-state index is -3.84. The van der Waals surface area contributed by atoms with Crippen LogP contribution in [0.5, 0.6) is 5.75 Å². The van der Waals surface area contributed by atoms with E-state index in [4.69, 9.17) is 4.74 Å². The van der Waals surface area contributed by atoms with Crippen molar-refractivity contribution in [2.75, 3.05) is 46.4 Å². The van der Waals surface area contributed by atoms with Crippen molar-refractivity contribution in [2.24, 2.45) is 23.2 Å². The second-order valence-corrected chi connectivity index (χ2v) is 20.4. The Bertz CT molecular complexity index is 2150. The highest BCUT2D eigenvalue weighted by atomic mass is 32.2. The Hall–Kier alpha value is -4.06. The topological polar surface area (TPSA) is 121 Å². The molecule has 4 aliphatic heterocycles. The van der Waals surface area contributed by atoms with Crippen LogP contribution in [0.4, 0.5) is 4.79 Å². The lowest BCUT2D eigenvalue weighted by atomic mass is 9.80. The van der Waals surface area contributed by atoms with Gasteiger partial charge in [0, 0.05) is 67.8 Å². The van der Waals surface area contributed by atoms with Crippen LogP contribution in [0.25, 0.3) is 22.2 Å². The van der Waals surface area contributed by atoms with E-state index in [0.717, 1.165) is 105 Å². The molecule has 56 heavy (non-hydrogen) atoms. The van der Waals surface area contributed by atoms with Crippen molar-refractivity contribution in [3.05, 3.63) is 53.1 Å². The van der Waals surface area contributed by atoms with Gasteiger partial charge in [0.1, 0.15) is 5.75 Å². The van der Waals surface area contributed by atoms with Crippen molar-refractivity contribution in [2.45, 2.75) is 102 Å². The summed E-state index contributed by atoms with van der Waals surface area (Å²) in [4.78, 5) is 48.7. The maximum Gasteiger partial charge on any atom is 0.320 e. The zero-order valence-corrected chi connectivity index (χ0v) is 34.0. The lowest BCUT2D eigenvalue weighted by Crippen LogP contribution is -2.51. The molecule has 2 bridgehead atoms. The first-order valence-corrected chi connectivity index (χ1v) is 22.7. The van der Waals surface area contributed by atoms with Gasteiger partial charge in [-0.2, -0.15) is 0 Å². The number of carbonyl (C=O) groups excluding carboxylic acids is 3. The molecule has 5 fully saturated rings. The highest BCUT2D eigenvalue weighted by Gasteiger charge is 2.62. The molecule has 1 N–H and O–H groups in total. The molecule has 4 atom stereocenters. The van der Waals surface area contributed by atoms with E-state index in [9.17, 15) is 18.0 Å². The normalized spacial score (nSPS) is 26.5. The van der Waals surface area contributed by atoms with Crippen LogP contribution < -0.4 is 9.46 Å². The number of hydrogen-bond acceptors (Lipinski definition) is 6. The van der Waals surface area contributed by atoms with Crippen LogP contribution in [0.15, 0.2) is 36.4 Å². The van der Waals surface area contributed by atoms with Crippen LogP contribution in [-0.4, -0.2) is 97.2 Å². The van der Waals surface area contributed by atoms with Gasteiger partial charge in [-0.3, -0.25) is 9.59 Å². The maximum absolute atomic E-state index is 15.3. The maximum atomic E-state index is 15.3. The summed E-state index contributed by atoms with van der Waals surface area (Å²) < 4.78 is 36.0. The summed E-state index contributed by atoms with van der Waals surface area (Å²) in [6.07, 6.45) is 11.4. The summed E-state index contributed by atoms with van der Waals surface area (Å²) in [5.41, 5.74) is 5.27. The van der Waals surface area contributed by atoms with Gasteiger partial charge in [-0.1, -0.05) is 25.3 Å². The quantitative estimate of drug-likeness (QED) is 0.295. The largest absolute Gasteiger partial charge is 0.497 e. The van der Waals surface area contributed by atoms with Gasteiger partial charge >= 0.3 is 6.03 Å². The third kappa shape index (κ3) is 6.57. The first-order chi connectivity index (χ1) is 27.0. The number of fused-ring (bicyclic) bond motifs is 9. The van der Waals surface area contributed by atoms with Gasteiger partial charge in [0.15, 0.2) is 0 Å². The first kappa shape index (κ1) is 37.5. The Balaban J connectivity index is 1.13. The molecule has 2 aromatic carbocycles. The molecule has 3 aromatic rings. The molecular formula is C44H57N5O6S. The zero-order valence-electron chi connectivity index (χ0n) is 33.2. The standard InChI is InChI=1S/C44H57N5O6S/c1-28(2)56(53,54)45-41(50)32-13-15-37-38(21-32)49-27-44(42(51)47-23-29-11-12-30(24-47)26-48(25-29)43(52)46-17-7-8-18-46)22-34(44)19-33-20-35(55-3)14-16-36(33)40(49)39(37)31-9-5-4-6-10-31/h13-16,20-21,28-31,34H,4-12,17-19,22-27H2,1-3H3,(H,45,50)/t29-,30+,34-,44+/m1/s1. The number of urea groups is 1. The number of methoxy groups -OCH3 is 1. The van der Waals surface area contributed by atoms with Crippen LogP contribution >= 0.6 is 0 Å². The van der Waals surface area contributed by atoms with Crippen LogP contribution in [-0.2, 0) is 27.8 Å². The number of ether oxygens (including phenoxy) is 1. The number of amides is 4. The van der Waals surface area contributed by atoms with Gasteiger partial charge in [0.25, 0.3) is 5.91 Å². The number of benzene rings is 2. The van der Waals surface area contributed by atoms with Crippen LogP contribution in [0.2, 0.25) is 0 Å². The van der Waals surface area contributed by atoms with Crippen molar-refractivity contribution in [1.82, 2.24) is 24.0 Å². The van der Waals surface area contributed by atoms with Crippen molar-refractivity contribution in [3.63, 3.8) is 0 Å². The molecule has 3 saturated heterocycles. The van der Waals surface area contributed by atoms with Gasteiger partial charge < -0.3 is 24.0 Å². The van der Waals surface area contributed by atoms with Gasteiger partial charge in [0.05, 0.1) is 23.5 Å². The molecule has 2 aliphatic carbocycles. The van der Waals surface area contributed by atoms with Crippen molar-refractivity contribution in [1.29, 1.82) is 0 Å². The summed E-state index contributed by atoms with van der Waals surface area (Å²) in [5, 5.41) is 0.324. The molecule has 5 heterocycles. The monoisotopic (exact) mass is 783 g/mol. The third-order valence-electron chi connectivity index (χ3n) is 14.2. The summed E-state index contributed by atoms with van der Waals surface area (Å²) in [6, 6.07) is 12.2. The van der Waals surface area contributed by atoms with Crippen molar-refractivity contribution >= 4 is 38.8 Å². The van der Waals surface area contributed by atoms with E-state index in [1.807, 2.05) is 23.1 Å². The molecule has 11 nitrogen and oxygen atoms in total. The van der Waals surface area contributed by atoms with Crippen LogP contribution in [0.3, 0.4) is 0 Å². The number of sulfonamides is 1. The summed E-state index contributed by atoms with van der Waals surface area (Å²) in [5.74, 6) is 1.33. The van der Waals surface area contributed by atoms with Gasteiger partial charge in [-0.15, -0.1) is 0 Å². The summed E-state index contributed by atoms with van der Waals surface area (Å²) in [6.45, 7) is 8.04. The Morgan fingerprint density at radius 3 is 2.21 bits per heavy atom. The summed E-state index contributed by atoms with van der Waals surface area (Å²) >= 11 is 0. The molecule has 4 amide bonds. The number of hydrogen-bond donors (Lipinski definition) is 1. The van der Waals surface area contributed by atoms with Gasteiger partial charge in [-0.25, -0.2) is 17.9 Å². The van der Waals surface area contributed by atoms with Crippen LogP contribution in [0, 0.1) is 23.2 Å². The number of rotatable bonds is 6. The Morgan fingerprint density at radius 1 is 0.839 bits per heavy atom. The van der Waals surface area contributed by atoms with E-state index in [1.165, 1.54) is 17.5 Å². The van der Waals surface area contributed by atoms with Crippen molar-refractivity contribution < 1.29 is 27.5 Å². The van der Waals surface area contributed by atoms with E-state index in [2.05, 4.69) is 31.2 Å². The predicted molar refractivity (Wildman–Crippen MR) is 216 cm³/mol. The van der Waals surface area contributed by atoms with Crippen molar-refractivity contribution in [3.8, 4) is 17.0 Å². The van der Waals surface area contributed by atoms with Crippen LogP contribution in [0.1, 0.15) is 105 Å². The molecular weight excluding hydrogens is 727 g/mol. The molecule has 6 aliphatic rings. The minimum absolute atomic E-state index is 0.142. The molecule has 300 valence electrons. The first-order valence-electron chi connectivity index (χ1n) is 21.2. The average Bonchev–Trinajstić information content (AvgIpc) is 3.57. The molecule has 0 radical (unpaired) electrons.